The third kappa shape index (κ3) is 1.89. The van der Waals surface area contributed by atoms with E-state index in [1.807, 2.05) is 0 Å². The van der Waals surface area contributed by atoms with E-state index in [0.29, 0.717) is 0 Å². The van der Waals surface area contributed by atoms with E-state index in [1.54, 1.807) is 0 Å². The molecule has 12 heavy (non-hydrogen) atoms. The van der Waals surface area contributed by atoms with Crippen LogP contribution in [0, 0.1) is 0 Å². The standard InChI is InChI=1S/C6H6Cl2N2O2/c7-2-1-4(8)10-3-5(11)9-6(10)12/h1-2,4H,3H2,(H,9,11,12). The molecule has 1 aliphatic rings. The fraction of sp³-hybridized carbons (Fsp3) is 0.333. The third-order valence-corrected chi connectivity index (χ3v) is 1.88. The Balaban J connectivity index is 2.63. The molecule has 0 bridgehead atoms. The summed E-state index contributed by atoms with van der Waals surface area (Å²) in [6, 6.07) is -0.491. The first kappa shape index (κ1) is 9.35. The highest BCUT2D eigenvalue weighted by molar-refractivity contribution is 6.27. The van der Waals surface area contributed by atoms with Crippen LogP contribution in [0.5, 0.6) is 0 Å². The first-order valence-electron chi connectivity index (χ1n) is 3.16. The maximum absolute atomic E-state index is 10.9. The van der Waals surface area contributed by atoms with Crippen molar-refractivity contribution in [2.75, 3.05) is 6.54 Å². The number of nitrogens with zero attached hydrogens (tertiary/aromatic N) is 1. The van der Waals surface area contributed by atoms with E-state index in [-0.39, 0.29) is 12.5 Å². The normalized spacial score (nSPS) is 20.3. The number of hydrogen-bond acceptors (Lipinski definition) is 2. The first-order valence-corrected chi connectivity index (χ1v) is 4.04. The minimum atomic E-state index is -0.672. The minimum Gasteiger partial charge on any atom is -0.295 e. The summed E-state index contributed by atoms with van der Waals surface area (Å²) in [6.07, 6.45) is 1.40. The fourth-order valence-electron chi connectivity index (χ4n) is 0.820. The maximum atomic E-state index is 10.9. The maximum Gasteiger partial charge on any atom is 0.326 e. The molecule has 1 unspecified atom stereocenters. The molecule has 1 N–H and O–H groups in total. The Kier molecular flexibility index (Phi) is 2.94. The lowest BCUT2D eigenvalue weighted by Crippen LogP contribution is -2.33. The van der Waals surface area contributed by atoms with E-state index in [2.05, 4.69) is 5.32 Å². The van der Waals surface area contributed by atoms with Crippen molar-refractivity contribution in [1.82, 2.24) is 10.2 Å². The van der Waals surface area contributed by atoms with Crippen LogP contribution in [0.3, 0.4) is 0 Å². The molecule has 0 saturated carbocycles. The van der Waals surface area contributed by atoms with Crippen molar-refractivity contribution < 1.29 is 9.59 Å². The van der Waals surface area contributed by atoms with Gasteiger partial charge in [0.15, 0.2) is 0 Å². The number of halogens is 2. The molecule has 0 spiro atoms. The van der Waals surface area contributed by atoms with Crippen molar-refractivity contribution in [3.63, 3.8) is 0 Å². The predicted molar refractivity (Wildman–Crippen MR) is 44.9 cm³/mol. The highest BCUT2D eigenvalue weighted by Crippen LogP contribution is 2.10. The van der Waals surface area contributed by atoms with E-state index in [0.717, 1.165) is 0 Å². The lowest BCUT2D eigenvalue weighted by Gasteiger charge is -2.15. The number of carbonyl (C=O) groups is 2. The largest absolute Gasteiger partial charge is 0.326 e. The second-order valence-electron chi connectivity index (χ2n) is 2.17. The van der Waals surface area contributed by atoms with E-state index >= 15 is 0 Å². The second-order valence-corrected chi connectivity index (χ2v) is 2.87. The van der Waals surface area contributed by atoms with Gasteiger partial charge in [-0.15, -0.1) is 0 Å². The van der Waals surface area contributed by atoms with Crippen molar-refractivity contribution in [2.24, 2.45) is 0 Å². The van der Waals surface area contributed by atoms with E-state index in [9.17, 15) is 9.59 Å². The predicted octanol–water partition coefficient (Wildman–Crippen LogP) is 0.856. The highest BCUT2D eigenvalue weighted by Gasteiger charge is 2.30. The van der Waals surface area contributed by atoms with Gasteiger partial charge < -0.3 is 0 Å². The van der Waals surface area contributed by atoms with Crippen molar-refractivity contribution in [2.45, 2.75) is 5.50 Å². The van der Waals surface area contributed by atoms with Crippen molar-refractivity contribution in [3.8, 4) is 0 Å². The van der Waals surface area contributed by atoms with Crippen LogP contribution in [-0.4, -0.2) is 28.9 Å². The number of carbonyl (C=O) groups excluding carboxylic acids is 2. The molecule has 66 valence electrons. The number of urea groups is 1. The minimum absolute atomic E-state index is 0.0196. The molecule has 1 saturated heterocycles. The van der Waals surface area contributed by atoms with Gasteiger partial charge in [-0.05, 0) is 6.08 Å². The highest BCUT2D eigenvalue weighted by atomic mass is 35.5. The Morgan fingerprint density at radius 3 is 2.67 bits per heavy atom. The summed E-state index contributed by atoms with van der Waals surface area (Å²) < 4.78 is 0. The van der Waals surface area contributed by atoms with E-state index < -0.39 is 11.5 Å². The molecule has 4 nitrogen and oxygen atoms in total. The summed E-state index contributed by atoms with van der Waals surface area (Å²) in [4.78, 5) is 22.8. The molecular weight excluding hydrogens is 203 g/mol. The molecule has 0 aromatic heterocycles. The Hall–Kier alpha value is -0.740. The van der Waals surface area contributed by atoms with Gasteiger partial charge >= 0.3 is 6.03 Å². The number of nitrogens with one attached hydrogen (secondary N) is 1. The molecule has 0 aromatic carbocycles. The molecule has 1 heterocycles. The van der Waals surface area contributed by atoms with Gasteiger partial charge in [-0.3, -0.25) is 15.0 Å². The number of imide groups is 1. The van der Waals surface area contributed by atoms with Crippen LogP contribution >= 0.6 is 23.2 Å². The van der Waals surface area contributed by atoms with Crippen LogP contribution in [0.1, 0.15) is 0 Å². The summed E-state index contributed by atoms with van der Waals surface area (Å²) in [7, 11) is 0. The summed E-state index contributed by atoms with van der Waals surface area (Å²) in [6.45, 7) is -0.0196. The molecule has 0 radical (unpaired) electrons. The van der Waals surface area contributed by atoms with Crippen LogP contribution in [0.2, 0.25) is 0 Å². The van der Waals surface area contributed by atoms with Gasteiger partial charge in [0, 0.05) is 5.54 Å². The van der Waals surface area contributed by atoms with Crippen molar-refractivity contribution >= 4 is 35.1 Å². The average Bonchev–Trinajstić information content (AvgIpc) is 2.30. The van der Waals surface area contributed by atoms with Gasteiger partial charge in [-0.2, -0.15) is 0 Å². The van der Waals surface area contributed by atoms with Gasteiger partial charge in [0.2, 0.25) is 5.91 Å². The van der Waals surface area contributed by atoms with Gasteiger partial charge in [0.25, 0.3) is 0 Å². The summed E-state index contributed by atoms with van der Waals surface area (Å²) in [5.74, 6) is -0.353. The average molecular weight is 209 g/mol. The van der Waals surface area contributed by atoms with Gasteiger partial charge in [-0.1, -0.05) is 23.2 Å². The zero-order valence-electron chi connectivity index (χ0n) is 5.96. The topological polar surface area (TPSA) is 49.4 Å². The fourth-order valence-corrected chi connectivity index (χ4v) is 1.26. The number of amides is 3. The molecule has 6 heteroatoms. The van der Waals surface area contributed by atoms with Crippen LogP contribution < -0.4 is 5.32 Å². The van der Waals surface area contributed by atoms with Crippen LogP contribution in [-0.2, 0) is 4.79 Å². The summed E-state index contributed by atoms with van der Waals surface area (Å²) in [5.41, 5.74) is 0.530. The Morgan fingerprint density at radius 1 is 1.58 bits per heavy atom. The lowest BCUT2D eigenvalue weighted by atomic mass is 10.5. The molecule has 3 amide bonds. The second kappa shape index (κ2) is 3.78. The lowest BCUT2D eigenvalue weighted by molar-refractivity contribution is -0.118. The summed E-state index contributed by atoms with van der Waals surface area (Å²) >= 11 is 10.9. The Labute approximate surface area is 79.1 Å². The van der Waals surface area contributed by atoms with E-state index in [4.69, 9.17) is 23.2 Å². The monoisotopic (exact) mass is 208 g/mol. The zero-order valence-corrected chi connectivity index (χ0v) is 7.47. The van der Waals surface area contributed by atoms with E-state index in [1.165, 1.54) is 16.5 Å². The van der Waals surface area contributed by atoms with Gasteiger partial charge in [0.05, 0.1) is 0 Å². The molecule has 0 aromatic rings. The molecule has 1 atom stereocenters. The molecule has 1 aliphatic heterocycles. The SMILES string of the molecule is O=C1CN(C(Cl)C=CCl)C(=O)N1. The van der Waals surface area contributed by atoms with Crippen LogP contribution in [0.4, 0.5) is 4.79 Å². The van der Waals surface area contributed by atoms with Crippen molar-refractivity contribution in [1.29, 1.82) is 0 Å². The zero-order chi connectivity index (χ0) is 9.14. The van der Waals surface area contributed by atoms with Crippen LogP contribution in [0.15, 0.2) is 11.6 Å². The van der Waals surface area contributed by atoms with Gasteiger partial charge in [-0.25, -0.2) is 4.79 Å². The van der Waals surface area contributed by atoms with Gasteiger partial charge in [0.1, 0.15) is 12.0 Å². The quantitative estimate of drug-likeness (QED) is 0.416. The summed E-state index contributed by atoms with van der Waals surface area (Å²) in [5, 5.41) is 2.09. The van der Waals surface area contributed by atoms with Crippen LogP contribution in [0.25, 0.3) is 0 Å². The Bertz CT molecular complexity index is 242. The molecular formula is C6H6Cl2N2O2. The third-order valence-electron chi connectivity index (χ3n) is 1.35. The number of hydrogen-bond donors (Lipinski definition) is 1. The smallest absolute Gasteiger partial charge is 0.295 e. The van der Waals surface area contributed by atoms with Crippen molar-refractivity contribution in [3.05, 3.63) is 11.6 Å². The molecule has 1 rings (SSSR count). The molecule has 1 fully saturated rings. The Morgan fingerprint density at radius 2 is 2.25 bits per heavy atom. The molecule has 0 aliphatic carbocycles. The number of alkyl halides is 1. The number of rotatable bonds is 2. The first-order chi connectivity index (χ1) is 5.65.